The van der Waals surface area contributed by atoms with Crippen molar-refractivity contribution >= 4 is 21.6 Å². The van der Waals surface area contributed by atoms with Gasteiger partial charge in [0, 0.05) is 19.0 Å². The van der Waals surface area contributed by atoms with E-state index in [2.05, 4.69) is 5.32 Å². The van der Waals surface area contributed by atoms with Gasteiger partial charge in [0.1, 0.15) is 5.82 Å². The van der Waals surface area contributed by atoms with E-state index in [0.29, 0.717) is 23.6 Å². The standard InChI is InChI=1S/C20H23FN2O5S/c1-14(15-5-7-16(21)8-6-15)22-20(24)4-3-11-23(29(2,25)26)17-9-10-18-19(12-17)28-13-27-18/h5-10,12,14H,3-4,11,13H2,1-2H3,(H,22,24)/t14-/m0/s1. The Hall–Kier alpha value is -2.81. The molecule has 0 bridgehead atoms. The third-order valence-electron chi connectivity index (χ3n) is 4.56. The van der Waals surface area contributed by atoms with Crippen LogP contribution in [-0.2, 0) is 14.8 Å². The number of amides is 1. The number of rotatable bonds is 8. The van der Waals surface area contributed by atoms with E-state index in [-0.39, 0.29) is 37.5 Å². The molecule has 0 unspecified atom stereocenters. The first kappa shape index (κ1) is 20.9. The Kier molecular flexibility index (Phi) is 6.26. The number of nitrogens with one attached hydrogen (secondary N) is 1. The maximum atomic E-state index is 13.0. The van der Waals surface area contributed by atoms with Gasteiger partial charge in [-0.05, 0) is 43.2 Å². The highest BCUT2D eigenvalue weighted by Gasteiger charge is 2.21. The van der Waals surface area contributed by atoms with Crippen LogP contribution in [0.15, 0.2) is 42.5 Å². The molecule has 0 radical (unpaired) electrons. The van der Waals surface area contributed by atoms with Gasteiger partial charge in [-0.15, -0.1) is 0 Å². The molecule has 0 aromatic heterocycles. The largest absolute Gasteiger partial charge is 0.454 e. The molecule has 0 fully saturated rings. The maximum absolute atomic E-state index is 13.0. The molecule has 1 atom stereocenters. The molecule has 2 aromatic carbocycles. The second-order valence-corrected chi connectivity index (χ2v) is 8.72. The van der Waals surface area contributed by atoms with Crippen molar-refractivity contribution in [1.82, 2.24) is 5.32 Å². The van der Waals surface area contributed by atoms with Crippen LogP contribution in [0.5, 0.6) is 11.5 Å². The zero-order chi connectivity index (χ0) is 21.0. The molecular formula is C20H23FN2O5S. The number of hydrogen-bond donors (Lipinski definition) is 1. The Morgan fingerprint density at radius 2 is 1.86 bits per heavy atom. The lowest BCUT2D eigenvalue weighted by Crippen LogP contribution is -2.32. The van der Waals surface area contributed by atoms with Crippen molar-refractivity contribution in [1.29, 1.82) is 0 Å². The minimum atomic E-state index is -3.53. The summed E-state index contributed by atoms with van der Waals surface area (Å²) >= 11 is 0. The average Bonchev–Trinajstić information content (AvgIpc) is 3.12. The fourth-order valence-corrected chi connectivity index (χ4v) is 4.02. The summed E-state index contributed by atoms with van der Waals surface area (Å²) in [6.45, 7) is 2.06. The van der Waals surface area contributed by atoms with Gasteiger partial charge in [0.2, 0.25) is 22.7 Å². The highest BCUT2D eigenvalue weighted by atomic mass is 32.2. The quantitative estimate of drug-likeness (QED) is 0.707. The SMILES string of the molecule is C[C@H](NC(=O)CCCN(c1ccc2c(c1)OCO2)S(C)(=O)=O)c1ccc(F)cc1. The normalized spacial score (nSPS) is 13.8. The predicted octanol–water partition coefficient (Wildman–Crippen LogP) is 2.98. The molecule has 0 aliphatic carbocycles. The summed E-state index contributed by atoms with van der Waals surface area (Å²) in [6, 6.07) is 10.6. The molecule has 9 heteroatoms. The van der Waals surface area contributed by atoms with Crippen LogP contribution in [0.3, 0.4) is 0 Å². The Balaban J connectivity index is 1.57. The number of nitrogens with zero attached hydrogens (tertiary/aromatic N) is 1. The Bertz CT molecular complexity index is 979. The van der Waals surface area contributed by atoms with E-state index >= 15 is 0 Å². The molecule has 0 spiro atoms. The van der Waals surface area contributed by atoms with Crippen LogP contribution in [0.2, 0.25) is 0 Å². The summed E-state index contributed by atoms with van der Waals surface area (Å²) in [5.41, 5.74) is 1.25. The number of fused-ring (bicyclic) bond motifs is 1. The third-order valence-corrected chi connectivity index (χ3v) is 5.75. The van der Waals surface area contributed by atoms with Crippen molar-refractivity contribution < 1.29 is 27.1 Å². The number of carbonyl (C=O) groups excluding carboxylic acids is 1. The lowest BCUT2D eigenvalue weighted by Gasteiger charge is -2.22. The first-order valence-electron chi connectivity index (χ1n) is 9.16. The van der Waals surface area contributed by atoms with Crippen LogP contribution in [0.1, 0.15) is 31.4 Å². The molecular weight excluding hydrogens is 399 g/mol. The minimum absolute atomic E-state index is 0.101. The monoisotopic (exact) mass is 422 g/mol. The third kappa shape index (κ3) is 5.38. The van der Waals surface area contributed by atoms with E-state index in [1.54, 1.807) is 37.3 Å². The van der Waals surface area contributed by atoms with Crippen molar-refractivity contribution in [3.05, 3.63) is 53.8 Å². The Labute approximate surface area is 169 Å². The van der Waals surface area contributed by atoms with Crippen molar-refractivity contribution in [3.63, 3.8) is 0 Å². The van der Waals surface area contributed by atoms with Crippen molar-refractivity contribution in [2.24, 2.45) is 0 Å². The van der Waals surface area contributed by atoms with Gasteiger partial charge in [0.15, 0.2) is 11.5 Å². The summed E-state index contributed by atoms with van der Waals surface area (Å²) in [6.07, 6.45) is 1.61. The number of hydrogen-bond acceptors (Lipinski definition) is 5. The van der Waals surface area contributed by atoms with Crippen LogP contribution in [-0.4, -0.2) is 33.9 Å². The maximum Gasteiger partial charge on any atom is 0.232 e. The smallest absolute Gasteiger partial charge is 0.232 e. The molecule has 7 nitrogen and oxygen atoms in total. The van der Waals surface area contributed by atoms with Gasteiger partial charge < -0.3 is 14.8 Å². The first-order chi connectivity index (χ1) is 13.7. The van der Waals surface area contributed by atoms with Crippen LogP contribution in [0.25, 0.3) is 0 Å². The van der Waals surface area contributed by atoms with E-state index in [4.69, 9.17) is 9.47 Å². The van der Waals surface area contributed by atoms with E-state index < -0.39 is 10.0 Å². The summed E-state index contributed by atoms with van der Waals surface area (Å²) in [4.78, 5) is 12.2. The fourth-order valence-electron chi connectivity index (χ4n) is 3.06. The lowest BCUT2D eigenvalue weighted by atomic mass is 10.1. The molecule has 1 amide bonds. The van der Waals surface area contributed by atoms with Gasteiger partial charge in [0.05, 0.1) is 18.0 Å². The predicted molar refractivity (Wildman–Crippen MR) is 107 cm³/mol. The molecule has 1 heterocycles. The van der Waals surface area contributed by atoms with Crippen LogP contribution < -0.4 is 19.1 Å². The van der Waals surface area contributed by atoms with E-state index in [9.17, 15) is 17.6 Å². The number of sulfonamides is 1. The molecule has 1 N–H and O–H groups in total. The van der Waals surface area contributed by atoms with Gasteiger partial charge in [-0.25, -0.2) is 12.8 Å². The number of carbonyl (C=O) groups is 1. The summed E-state index contributed by atoms with van der Waals surface area (Å²) < 4.78 is 49.2. The van der Waals surface area contributed by atoms with Crippen molar-refractivity contribution in [2.45, 2.75) is 25.8 Å². The molecule has 1 aliphatic heterocycles. The van der Waals surface area contributed by atoms with Crippen molar-refractivity contribution in [3.8, 4) is 11.5 Å². The second kappa shape index (κ2) is 8.69. The molecule has 0 saturated carbocycles. The fraction of sp³-hybridized carbons (Fsp3) is 0.350. The van der Waals surface area contributed by atoms with Gasteiger partial charge in [-0.1, -0.05) is 12.1 Å². The average molecular weight is 422 g/mol. The van der Waals surface area contributed by atoms with Crippen LogP contribution >= 0.6 is 0 Å². The topological polar surface area (TPSA) is 84.9 Å². The first-order valence-corrected chi connectivity index (χ1v) is 11.0. The molecule has 3 rings (SSSR count). The van der Waals surface area contributed by atoms with Gasteiger partial charge in [-0.3, -0.25) is 9.10 Å². The summed E-state index contributed by atoms with van der Waals surface area (Å²) in [7, 11) is -3.53. The zero-order valence-corrected chi connectivity index (χ0v) is 17.0. The number of benzene rings is 2. The summed E-state index contributed by atoms with van der Waals surface area (Å²) in [5, 5.41) is 2.84. The molecule has 29 heavy (non-hydrogen) atoms. The highest BCUT2D eigenvalue weighted by molar-refractivity contribution is 7.92. The second-order valence-electron chi connectivity index (χ2n) is 6.82. The highest BCUT2D eigenvalue weighted by Crippen LogP contribution is 2.36. The van der Waals surface area contributed by atoms with Gasteiger partial charge in [-0.2, -0.15) is 0 Å². The van der Waals surface area contributed by atoms with E-state index in [1.165, 1.54) is 16.4 Å². The Morgan fingerprint density at radius 3 is 2.55 bits per heavy atom. The molecule has 2 aromatic rings. The van der Waals surface area contributed by atoms with Crippen LogP contribution in [0.4, 0.5) is 10.1 Å². The minimum Gasteiger partial charge on any atom is -0.454 e. The van der Waals surface area contributed by atoms with Gasteiger partial charge in [0.25, 0.3) is 0 Å². The van der Waals surface area contributed by atoms with E-state index in [1.807, 2.05) is 0 Å². The van der Waals surface area contributed by atoms with Crippen LogP contribution in [0, 0.1) is 5.82 Å². The number of anilines is 1. The van der Waals surface area contributed by atoms with Crippen molar-refractivity contribution in [2.75, 3.05) is 23.9 Å². The van der Waals surface area contributed by atoms with E-state index in [0.717, 1.165) is 11.8 Å². The number of ether oxygens (including phenoxy) is 2. The number of halogens is 1. The lowest BCUT2D eigenvalue weighted by molar-refractivity contribution is -0.121. The Morgan fingerprint density at radius 1 is 1.17 bits per heavy atom. The molecule has 156 valence electrons. The summed E-state index contributed by atoms with van der Waals surface area (Å²) in [5.74, 6) is 0.510. The zero-order valence-electron chi connectivity index (χ0n) is 16.2. The van der Waals surface area contributed by atoms with Gasteiger partial charge >= 0.3 is 0 Å². The molecule has 0 saturated heterocycles. The molecule has 1 aliphatic rings.